The average Bonchev–Trinajstić information content (AvgIpc) is 3.09. The van der Waals surface area contributed by atoms with Gasteiger partial charge in [-0.3, -0.25) is 14.3 Å². The lowest BCUT2D eigenvalue weighted by Gasteiger charge is -2.14. The molecule has 3 rings (SSSR count). The molecule has 2 amide bonds. The maximum absolute atomic E-state index is 12.5. The molecule has 6 heteroatoms. The van der Waals surface area contributed by atoms with E-state index in [0.717, 1.165) is 35.5 Å². The Bertz CT molecular complexity index is 779. The fourth-order valence-electron chi connectivity index (χ4n) is 2.96. The first-order valence-corrected chi connectivity index (χ1v) is 7.74. The summed E-state index contributed by atoms with van der Waals surface area (Å²) in [6, 6.07) is 5.48. The number of benzene rings is 1. The Balaban J connectivity index is 1.82. The summed E-state index contributed by atoms with van der Waals surface area (Å²) in [6.07, 6.45) is 3.35. The summed E-state index contributed by atoms with van der Waals surface area (Å²) in [5.41, 5.74) is 4.15. The Labute approximate surface area is 135 Å². The van der Waals surface area contributed by atoms with Crippen molar-refractivity contribution < 1.29 is 9.59 Å². The normalized spacial score (nSPS) is 13.1. The van der Waals surface area contributed by atoms with Crippen molar-refractivity contribution in [3.63, 3.8) is 0 Å². The van der Waals surface area contributed by atoms with Crippen molar-refractivity contribution >= 4 is 23.2 Å². The van der Waals surface area contributed by atoms with Crippen LogP contribution in [0.25, 0.3) is 0 Å². The second-order valence-corrected chi connectivity index (χ2v) is 5.73. The van der Waals surface area contributed by atoms with E-state index < -0.39 is 0 Å². The molecule has 0 spiro atoms. The van der Waals surface area contributed by atoms with Gasteiger partial charge in [0.05, 0.1) is 11.4 Å². The monoisotopic (exact) mass is 312 g/mol. The molecule has 0 bridgehead atoms. The Hall–Kier alpha value is -2.63. The number of nitrogens with one attached hydrogen (secondary N) is 1. The van der Waals surface area contributed by atoms with Gasteiger partial charge in [0.2, 0.25) is 5.91 Å². The third-order valence-corrected chi connectivity index (χ3v) is 4.11. The highest BCUT2D eigenvalue weighted by molar-refractivity contribution is 6.05. The molecule has 0 saturated carbocycles. The quantitative estimate of drug-likeness (QED) is 0.944. The summed E-state index contributed by atoms with van der Waals surface area (Å²) in [4.78, 5) is 25.8. The number of hydrogen-bond donors (Lipinski definition) is 1. The van der Waals surface area contributed by atoms with Crippen LogP contribution in [0.15, 0.2) is 24.4 Å². The van der Waals surface area contributed by atoms with Crippen molar-refractivity contribution in [2.24, 2.45) is 7.05 Å². The summed E-state index contributed by atoms with van der Waals surface area (Å²) in [5, 5.41) is 7.24. The van der Waals surface area contributed by atoms with Crippen LogP contribution in [0.2, 0.25) is 0 Å². The van der Waals surface area contributed by atoms with Crippen molar-refractivity contribution in [1.29, 1.82) is 0 Å². The largest absolute Gasteiger partial charge is 0.319 e. The molecule has 0 fully saturated rings. The van der Waals surface area contributed by atoms with Gasteiger partial charge >= 0.3 is 0 Å². The Kier molecular flexibility index (Phi) is 3.90. The number of hydrogen-bond acceptors (Lipinski definition) is 3. The fourth-order valence-corrected chi connectivity index (χ4v) is 2.96. The topological polar surface area (TPSA) is 67.2 Å². The van der Waals surface area contributed by atoms with E-state index in [1.54, 1.807) is 22.6 Å². The van der Waals surface area contributed by atoms with E-state index in [1.807, 2.05) is 32.3 Å². The number of anilines is 2. The number of aromatic nitrogens is 2. The molecule has 0 aliphatic carbocycles. The van der Waals surface area contributed by atoms with Crippen LogP contribution >= 0.6 is 0 Å². The number of rotatable bonds is 3. The van der Waals surface area contributed by atoms with Crippen LogP contribution in [0, 0.1) is 0 Å². The molecule has 6 nitrogen and oxygen atoms in total. The van der Waals surface area contributed by atoms with Gasteiger partial charge in [0.15, 0.2) is 0 Å². The summed E-state index contributed by atoms with van der Waals surface area (Å²) in [5.74, 6) is -0.124. The predicted molar refractivity (Wildman–Crippen MR) is 88.7 cm³/mol. The Morgan fingerprint density at radius 3 is 2.83 bits per heavy atom. The first-order chi connectivity index (χ1) is 11.0. The van der Waals surface area contributed by atoms with E-state index in [4.69, 9.17) is 0 Å². The second-order valence-electron chi connectivity index (χ2n) is 5.73. The molecule has 1 aliphatic heterocycles. The van der Waals surface area contributed by atoms with Crippen LogP contribution in [0.1, 0.15) is 35.5 Å². The van der Waals surface area contributed by atoms with Gasteiger partial charge in [-0.1, -0.05) is 6.92 Å². The van der Waals surface area contributed by atoms with E-state index in [9.17, 15) is 9.59 Å². The third kappa shape index (κ3) is 2.84. The highest BCUT2D eigenvalue weighted by atomic mass is 16.2. The van der Waals surface area contributed by atoms with Gasteiger partial charge < -0.3 is 10.2 Å². The summed E-state index contributed by atoms with van der Waals surface area (Å²) in [7, 11) is 1.83. The molecule has 0 saturated heterocycles. The third-order valence-electron chi connectivity index (χ3n) is 4.11. The first kappa shape index (κ1) is 15.3. The molecule has 1 aromatic carbocycles. The molecular formula is C17H20N4O2. The van der Waals surface area contributed by atoms with Crippen LogP contribution in [0.5, 0.6) is 0 Å². The lowest BCUT2D eigenvalue weighted by molar-refractivity contribution is -0.116. The molecule has 0 unspecified atom stereocenters. The molecule has 0 radical (unpaired) electrons. The van der Waals surface area contributed by atoms with Gasteiger partial charge in [0.25, 0.3) is 5.91 Å². The minimum Gasteiger partial charge on any atom is -0.319 e. The maximum Gasteiger partial charge on any atom is 0.255 e. The molecule has 1 aromatic heterocycles. The van der Waals surface area contributed by atoms with Gasteiger partial charge in [-0.15, -0.1) is 0 Å². The van der Waals surface area contributed by atoms with Crippen LogP contribution in [-0.2, 0) is 24.7 Å². The van der Waals surface area contributed by atoms with Gasteiger partial charge in [0, 0.05) is 38.0 Å². The number of amides is 2. The minimum atomic E-state index is -0.156. The number of carbonyl (C=O) groups is 2. The van der Waals surface area contributed by atoms with Crippen LogP contribution in [0.4, 0.5) is 11.4 Å². The predicted octanol–water partition coefficient (Wildman–Crippen LogP) is 2.14. The van der Waals surface area contributed by atoms with Crippen molar-refractivity contribution in [2.45, 2.75) is 26.7 Å². The molecule has 1 N–H and O–H groups in total. The molecule has 0 atom stereocenters. The van der Waals surface area contributed by atoms with Gasteiger partial charge in [-0.2, -0.15) is 5.10 Å². The molecule has 1 aliphatic rings. The lowest BCUT2D eigenvalue weighted by Crippen LogP contribution is -2.25. The van der Waals surface area contributed by atoms with E-state index in [1.165, 1.54) is 0 Å². The second kappa shape index (κ2) is 5.87. The van der Waals surface area contributed by atoms with E-state index >= 15 is 0 Å². The zero-order valence-electron chi connectivity index (χ0n) is 13.6. The minimum absolute atomic E-state index is 0.0314. The SMILES string of the molecule is CCc1nn(C)cc1NC(=O)c1ccc2c(c1)CCN2C(C)=O. The van der Waals surface area contributed by atoms with Crippen LogP contribution in [-0.4, -0.2) is 28.1 Å². The lowest BCUT2D eigenvalue weighted by atomic mass is 10.1. The highest BCUT2D eigenvalue weighted by Gasteiger charge is 2.23. The molecule has 23 heavy (non-hydrogen) atoms. The smallest absolute Gasteiger partial charge is 0.255 e. The molecular weight excluding hydrogens is 292 g/mol. The van der Waals surface area contributed by atoms with Gasteiger partial charge in [-0.05, 0) is 36.6 Å². The number of fused-ring (bicyclic) bond motifs is 1. The Morgan fingerprint density at radius 2 is 2.13 bits per heavy atom. The first-order valence-electron chi connectivity index (χ1n) is 7.74. The van der Waals surface area contributed by atoms with Crippen molar-refractivity contribution in [1.82, 2.24) is 9.78 Å². The molecule has 2 aromatic rings. The zero-order valence-corrected chi connectivity index (χ0v) is 13.6. The van der Waals surface area contributed by atoms with Crippen molar-refractivity contribution in [2.75, 3.05) is 16.8 Å². The number of nitrogens with zero attached hydrogens (tertiary/aromatic N) is 3. The van der Waals surface area contributed by atoms with E-state index in [0.29, 0.717) is 12.1 Å². The van der Waals surface area contributed by atoms with Gasteiger partial charge in [0.1, 0.15) is 0 Å². The zero-order chi connectivity index (χ0) is 16.6. The van der Waals surface area contributed by atoms with Crippen LogP contribution in [0.3, 0.4) is 0 Å². The maximum atomic E-state index is 12.5. The summed E-state index contributed by atoms with van der Waals surface area (Å²) >= 11 is 0. The number of carbonyl (C=O) groups excluding carboxylic acids is 2. The fraction of sp³-hybridized carbons (Fsp3) is 0.353. The van der Waals surface area contributed by atoms with E-state index in [2.05, 4.69) is 10.4 Å². The summed E-state index contributed by atoms with van der Waals surface area (Å²) in [6.45, 7) is 4.24. The number of aryl methyl sites for hydroxylation is 2. The molecule has 120 valence electrons. The summed E-state index contributed by atoms with van der Waals surface area (Å²) < 4.78 is 1.70. The van der Waals surface area contributed by atoms with Gasteiger partial charge in [-0.25, -0.2) is 0 Å². The standard InChI is InChI=1S/C17H20N4O2/c1-4-14-15(10-20(3)19-14)18-17(23)13-5-6-16-12(9-13)7-8-21(16)11(2)22/h5-6,9-10H,4,7-8H2,1-3H3,(H,18,23). The van der Waals surface area contributed by atoms with Crippen molar-refractivity contribution in [3.05, 3.63) is 41.2 Å². The highest BCUT2D eigenvalue weighted by Crippen LogP contribution is 2.29. The van der Waals surface area contributed by atoms with Crippen LogP contribution < -0.4 is 10.2 Å². The average molecular weight is 312 g/mol. The Morgan fingerprint density at radius 1 is 1.35 bits per heavy atom. The van der Waals surface area contributed by atoms with E-state index in [-0.39, 0.29) is 11.8 Å². The molecule has 2 heterocycles. The van der Waals surface area contributed by atoms with Crippen molar-refractivity contribution in [3.8, 4) is 0 Å².